The third-order valence-corrected chi connectivity index (χ3v) is 6.72. The van der Waals surface area contributed by atoms with Gasteiger partial charge in [-0.15, -0.1) is 0 Å². The van der Waals surface area contributed by atoms with E-state index in [2.05, 4.69) is 5.10 Å². The van der Waals surface area contributed by atoms with Crippen LogP contribution >= 0.6 is 11.6 Å². The molecule has 10 heteroatoms. The van der Waals surface area contributed by atoms with Gasteiger partial charge in [-0.3, -0.25) is 19.7 Å². The molecular weight excluding hydrogens is 474 g/mol. The van der Waals surface area contributed by atoms with E-state index >= 15 is 0 Å². The molecule has 1 aliphatic heterocycles. The van der Waals surface area contributed by atoms with E-state index in [1.807, 2.05) is 12.2 Å². The summed E-state index contributed by atoms with van der Waals surface area (Å²) < 4.78 is 5.29. The molecule has 35 heavy (non-hydrogen) atoms. The standard InChI is InChI=1S/C25H18ClN3O6/c26-18-9-4-14(5-10-18)6-11-20(30)35-23-17(2-1-3-19(23)29(33)34)13-27-28-24(31)21-15-7-8-16(12-15)22(21)25(28)32/h1-11,13,15-16,21-22H,12H2/b11-6+,27-13?/t15-,16-,21-,22+/m0/s1. The average molecular weight is 492 g/mol. The molecule has 2 aromatic rings. The molecule has 0 aromatic heterocycles. The zero-order chi connectivity index (χ0) is 24.7. The normalized spacial score (nSPS) is 24.7. The Labute approximate surface area is 204 Å². The predicted molar refractivity (Wildman–Crippen MR) is 126 cm³/mol. The molecule has 9 nitrogen and oxygen atoms in total. The van der Waals surface area contributed by atoms with Crippen molar-refractivity contribution in [2.75, 3.05) is 0 Å². The minimum Gasteiger partial charge on any atom is -0.415 e. The van der Waals surface area contributed by atoms with Gasteiger partial charge in [-0.2, -0.15) is 10.1 Å². The Morgan fingerprint density at radius 1 is 1.09 bits per heavy atom. The van der Waals surface area contributed by atoms with Crippen LogP contribution in [0, 0.1) is 33.8 Å². The summed E-state index contributed by atoms with van der Waals surface area (Å²) in [6, 6.07) is 10.7. The molecule has 2 aliphatic carbocycles. The van der Waals surface area contributed by atoms with Crippen LogP contribution in [0.3, 0.4) is 0 Å². The van der Waals surface area contributed by atoms with Crippen LogP contribution in [0.15, 0.2) is 65.8 Å². The molecule has 1 heterocycles. The fourth-order valence-corrected chi connectivity index (χ4v) is 5.02. The first-order valence-electron chi connectivity index (χ1n) is 10.9. The number of nitro groups is 1. The lowest BCUT2D eigenvalue weighted by Crippen LogP contribution is -2.28. The second-order valence-electron chi connectivity index (χ2n) is 8.49. The van der Waals surface area contributed by atoms with Crippen LogP contribution < -0.4 is 4.74 Å². The van der Waals surface area contributed by atoms with E-state index in [1.54, 1.807) is 24.3 Å². The van der Waals surface area contributed by atoms with Gasteiger partial charge in [0.1, 0.15) is 0 Å². The van der Waals surface area contributed by atoms with Gasteiger partial charge in [0.15, 0.2) is 0 Å². The fraction of sp³-hybridized carbons (Fsp3) is 0.200. The largest absolute Gasteiger partial charge is 0.415 e. The fourth-order valence-electron chi connectivity index (χ4n) is 4.89. The number of nitrogens with zero attached hydrogens (tertiary/aromatic N) is 3. The van der Waals surface area contributed by atoms with E-state index in [1.165, 1.54) is 24.3 Å². The summed E-state index contributed by atoms with van der Waals surface area (Å²) in [7, 11) is 0. The van der Waals surface area contributed by atoms with E-state index in [-0.39, 0.29) is 35.0 Å². The number of nitro benzene ring substituents is 1. The smallest absolute Gasteiger partial charge is 0.336 e. The van der Waals surface area contributed by atoms with Crippen LogP contribution in [0.25, 0.3) is 6.08 Å². The van der Waals surface area contributed by atoms with Crippen LogP contribution in [0.4, 0.5) is 5.69 Å². The summed E-state index contributed by atoms with van der Waals surface area (Å²) in [6.07, 6.45) is 8.46. The number of benzene rings is 2. The third kappa shape index (κ3) is 4.15. The summed E-state index contributed by atoms with van der Waals surface area (Å²) in [5.74, 6) is -2.75. The molecular formula is C25H18ClN3O6. The van der Waals surface area contributed by atoms with E-state index in [4.69, 9.17) is 16.3 Å². The first-order valence-corrected chi connectivity index (χ1v) is 11.2. The second kappa shape index (κ2) is 8.92. The van der Waals surface area contributed by atoms with Gasteiger partial charge in [0.05, 0.1) is 23.0 Å². The van der Waals surface area contributed by atoms with Gasteiger partial charge in [-0.1, -0.05) is 42.0 Å². The number of rotatable bonds is 6. The van der Waals surface area contributed by atoms with E-state index < -0.39 is 28.4 Å². The van der Waals surface area contributed by atoms with Crippen molar-refractivity contribution in [2.24, 2.45) is 28.8 Å². The Morgan fingerprint density at radius 3 is 2.37 bits per heavy atom. The maximum absolute atomic E-state index is 12.8. The maximum atomic E-state index is 12.8. The van der Waals surface area contributed by atoms with Crippen LogP contribution in [-0.2, 0) is 14.4 Å². The van der Waals surface area contributed by atoms with Crippen molar-refractivity contribution in [3.05, 3.63) is 87.0 Å². The van der Waals surface area contributed by atoms with Crippen LogP contribution in [0.1, 0.15) is 17.5 Å². The monoisotopic (exact) mass is 491 g/mol. The maximum Gasteiger partial charge on any atom is 0.336 e. The number of imide groups is 1. The summed E-state index contributed by atoms with van der Waals surface area (Å²) in [5.41, 5.74) is 0.294. The quantitative estimate of drug-likeness (QED) is 0.0880. The molecule has 0 spiro atoms. The highest BCUT2D eigenvalue weighted by Gasteiger charge is 2.59. The molecule has 4 atom stereocenters. The number of hydrazone groups is 1. The highest BCUT2D eigenvalue weighted by atomic mass is 35.5. The molecule has 0 N–H and O–H groups in total. The number of allylic oxidation sites excluding steroid dienone is 2. The third-order valence-electron chi connectivity index (χ3n) is 6.47. The van der Waals surface area contributed by atoms with E-state index in [0.717, 1.165) is 23.7 Å². The summed E-state index contributed by atoms with van der Waals surface area (Å²) >= 11 is 5.85. The van der Waals surface area contributed by atoms with Crippen molar-refractivity contribution in [3.63, 3.8) is 0 Å². The van der Waals surface area contributed by atoms with Crippen molar-refractivity contribution in [2.45, 2.75) is 6.42 Å². The Balaban J connectivity index is 1.38. The first-order chi connectivity index (χ1) is 16.8. The van der Waals surface area contributed by atoms with Gasteiger partial charge in [0.25, 0.3) is 11.8 Å². The van der Waals surface area contributed by atoms with E-state index in [9.17, 15) is 24.5 Å². The van der Waals surface area contributed by atoms with Crippen molar-refractivity contribution < 1.29 is 24.0 Å². The highest BCUT2D eigenvalue weighted by molar-refractivity contribution is 6.30. The van der Waals surface area contributed by atoms with Gasteiger partial charge in [-0.25, -0.2) is 4.79 Å². The van der Waals surface area contributed by atoms with Crippen LogP contribution in [0.5, 0.6) is 5.75 Å². The topological polar surface area (TPSA) is 119 Å². The first kappa shape index (κ1) is 22.7. The molecule has 1 saturated heterocycles. The van der Waals surface area contributed by atoms with Crippen LogP contribution in [0.2, 0.25) is 5.02 Å². The lowest BCUT2D eigenvalue weighted by Gasteiger charge is -2.13. The van der Waals surface area contributed by atoms with Gasteiger partial charge in [-0.05, 0) is 48.1 Å². The van der Waals surface area contributed by atoms with Gasteiger partial charge in [0.2, 0.25) is 5.75 Å². The molecule has 2 fully saturated rings. The molecule has 2 aromatic carbocycles. The Kier molecular flexibility index (Phi) is 5.78. The Morgan fingerprint density at radius 2 is 1.74 bits per heavy atom. The number of hydrogen-bond donors (Lipinski definition) is 0. The highest BCUT2D eigenvalue weighted by Crippen LogP contribution is 2.52. The zero-order valence-electron chi connectivity index (χ0n) is 18.1. The second-order valence-corrected chi connectivity index (χ2v) is 8.93. The van der Waals surface area contributed by atoms with Crippen molar-refractivity contribution in [1.29, 1.82) is 0 Å². The minimum absolute atomic E-state index is 0.0309. The van der Waals surface area contributed by atoms with Crippen molar-refractivity contribution in [1.82, 2.24) is 5.01 Å². The number of esters is 1. The lowest BCUT2D eigenvalue weighted by molar-refractivity contribution is -0.385. The Bertz CT molecular complexity index is 1300. The molecule has 2 amide bonds. The van der Waals surface area contributed by atoms with Crippen LogP contribution in [-0.4, -0.2) is 33.9 Å². The van der Waals surface area contributed by atoms with Gasteiger partial charge >= 0.3 is 11.7 Å². The summed E-state index contributed by atoms with van der Waals surface area (Å²) in [4.78, 5) is 49.0. The minimum atomic E-state index is -0.852. The molecule has 0 radical (unpaired) electrons. The molecule has 176 valence electrons. The Hall–Kier alpha value is -4.11. The number of halogens is 1. The molecule has 3 aliphatic rings. The number of hydrogen-bond acceptors (Lipinski definition) is 7. The number of fused-ring (bicyclic) bond motifs is 5. The number of carbonyl (C=O) groups excluding carboxylic acids is 3. The number of amides is 2. The SMILES string of the molecule is O=C(/C=C/c1ccc(Cl)cc1)Oc1c(C=NN2C(=O)[C@@H]3[C@H](C2=O)[C@H]2C=C[C@H]3C2)cccc1[N+](=O)[O-]. The van der Waals surface area contributed by atoms with Crippen molar-refractivity contribution >= 4 is 47.4 Å². The average Bonchev–Trinajstić information content (AvgIpc) is 3.52. The lowest BCUT2D eigenvalue weighted by atomic mass is 9.85. The number of para-hydroxylation sites is 1. The molecule has 5 rings (SSSR count). The van der Waals surface area contributed by atoms with Gasteiger partial charge < -0.3 is 4.74 Å². The summed E-state index contributed by atoms with van der Waals surface area (Å²) in [6.45, 7) is 0. The van der Waals surface area contributed by atoms with Gasteiger partial charge in [0, 0.05) is 22.7 Å². The number of carbonyl (C=O) groups is 3. The number of ether oxygens (including phenoxy) is 1. The van der Waals surface area contributed by atoms with E-state index in [0.29, 0.717) is 10.6 Å². The summed E-state index contributed by atoms with van der Waals surface area (Å²) in [5, 5.41) is 17.0. The molecule has 2 bridgehead atoms. The zero-order valence-corrected chi connectivity index (χ0v) is 18.9. The van der Waals surface area contributed by atoms with Crippen molar-refractivity contribution in [3.8, 4) is 5.75 Å². The molecule has 1 saturated carbocycles. The predicted octanol–water partition coefficient (Wildman–Crippen LogP) is 4.01. The molecule has 0 unspecified atom stereocenters.